The lowest BCUT2D eigenvalue weighted by Crippen LogP contribution is -2.35. The summed E-state index contributed by atoms with van der Waals surface area (Å²) in [5.74, 6) is 0. The summed E-state index contributed by atoms with van der Waals surface area (Å²) in [5, 5.41) is 3.40. The highest BCUT2D eigenvalue weighted by Gasteiger charge is 2.20. The van der Waals surface area contributed by atoms with E-state index in [4.69, 9.17) is 4.74 Å². The predicted octanol–water partition coefficient (Wildman–Crippen LogP) is 1.64. The maximum absolute atomic E-state index is 12.2. The van der Waals surface area contributed by atoms with Gasteiger partial charge in [0.25, 0.3) is 0 Å². The van der Waals surface area contributed by atoms with Crippen molar-refractivity contribution < 1.29 is 13.2 Å². The van der Waals surface area contributed by atoms with Crippen LogP contribution in [0.25, 0.3) is 0 Å². The second-order valence-electron chi connectivity index (χ2n) is 5.48. The summed E-state index contributed by atoms with van der Waals surface area (Å²) in [4.78, 5) is 0.293. The van der Waals surface area contributed by atoms with Crippen molar-refractivity contribution in [3.63, 3.8) is 0 Å². The molecular formula is C15H24N2O3S. The van der Waals surface area contributed by atoms with Gasteiger partial charge in [0.05, 0.1) is 11.5 Å². The van der Waals surface area contributed by atoms with Gasteiger partial charge in [-0.2, -0.15) is 0 Å². The topological polar surface area (TPSA) is 67.4 Å². The van der Waals surface area contributed by atoms with Gasteiger partial charge in [0.1, 0.15) is 0 Å². The van der Waals surface area contributed by atoms with E-state index >= 15 is 0 Å². The third kappa shape index (κ3) is 5.39. The summed E-state index contributed by atoms with van der Waals surface area (Å²) in [6.07, 6.45) is 2.49. The zero-order chi connectivity index (χ0) is 15.3. The van der Waals surface area contributed by atoms with Crippen molar-refractivity contribution in [2.75, 3.05) is 13.2 Å². The maximum Gasteiger partial charge on any atom is 0.240 e. The van der Waals surface area contributed by atoms with Crippen LogP contribution in [0, 0.1) is 0 Å². The van der Waals surface area contributed by atoms with Crippen molar-refractivity contribution in [2.24, 2.45) is 0 Å². The van der Waals surface area contributed by atoms with Gasteiger partial charge >= 0.3 is 0 Å². The van der Waals surface area contributed by atoms with E-state index in [0.717, 1.165) is 12.1 Å². The lowest BCUT2D eigenvalue weighted by molar-refractivity contribution is 0.133. The van der Waals surface area contributed by atoms with Crippen LogP contribution in [0.5, 0.6) is 0 Å². The van der Waals surface area contributed by atoms with Gasteiger partial charge in [-0.1, -0.05) is 12.1 Å². The van der Waals surface area contributed by atoms with Gasteiger partial charge in [-0.3, -0.25) is 0 Å². The standard InChI is InChI=1S/C15H24N2O3S/c1-3-20-11-12(2)17-21(18,19)15-8-4-13(5-9-15)10-16-14-6-7-14/h4-5,8-9,12,14,16-17H,3,6-7,10-11H2,1-2H3. The molecule has 1 atom stereocenters. The van der Waals surface area contributed by atoms with Crippen molar-refractivity contribution in [2.45, 2.75) is 50.2 Å². The molecule has 1 fully saturated rings. The van der Waals surface area contributed by atoms with Crippen LogP contribution < -0.4 is 10.0 Å². The lowest BCUT2D eigenvalue weighted by atomic mass is 10.2. The number of hydrogen-bond donors (Lipinski definition) is 2. The first kappa shape index (κ1) is 16.4. The van der Waals surface area contributed by atoms with Gasteiger partial charge in [-0.05, 0) is 44.4 Å². The molecule has 1 aliphatic carbocycles. The number of rotatable bonds is 9. The quantitative estimate of drug-likeness (QED) is 0.727. The fraction of sp³-hybridized carbons (Fsp3) is 0.600. The van der Waals surface area contributed by atoms with Crippen LogP contribution in [-0.2, 0) is 21.3 Å². The largest absolute Gasteiger partial charge is 0.380 e. The maximum atomic E-state index is 12.2. The highest BCUT2D eigenvalue weighted by molar-refractivity contribution is 7.89. The van der Waals surface area contributed by atoms with Gasteiger partial charge < -0.3 is 10.1 Å². The lowest BCUT2D eigenvalue weighted by Gasteiger charge is -2.14. The van der Waals surface area contributed by atoms with Crippen LogP contribution in [0.15, 0.2) is 29.2 Å². The molecule has 1 saturated carbocycles. The molecule has 0 bridgehead atoms. The number of nitrogens with one attached hydrogen (secondary N) is 2. The number of benzene rings is 1. The molecule has 118 valence electrons. The predicted molar refractivity (Wildman–Crippen MR) is 82.6 cm³/mol. The molecule has 0 aromatic heterocycles. The van der Waals surface area contributed by atoms with Crippen LogP contribution in [0.2, 0.25) is 0 Å². The van der Waals surface area contributed by atoms with Crippen LogP contribution in [-0.4, -0.2) is 33.7 Å². The Balaban J connectivity index is 1.92. The Morgan fingerprint density at radius 2 is 1.95 bits per heavy atom. The molecule has 6 heteroatoms. The molecule has 1 aromatic rings. The fourth-order valence-corrected chi connectivity index (χ4v) is 3.23. The minimum atomic E-state index is -3.48. The molecule has 21 heavy (non-hydrogen) atoms. The molecule has 0 radical (unpaired) electrons. The van der Waals surface area contributed by atoms with Crippen LogP contribution >= 0.6 is 0 Å². The van der Waals surface area contributed by atoms with Crippen molar-refractivity contribution >= 4 is 10.0 Å². The van der Waals surface area contributed by atoms with E-state index < -0.39 is 10.0 Å². The molecule has 1 aromatic carbocycles. The fourth-order valence-electron chi connectivity index (χ4n) is 2.00. The molecule has 1 aliphatic rings. The summed E-state index contributed by atoms with van der Waals surface area (Å²) in [7, 11) is -3.48. The van der Waals surface area contributed by atoms with E-state index in [0.29, 0.717) is 24.2 Å². The zero-order valence-corrected chi connectivity index (χ0v) is 13.4. The Morgan fingerprint density at radius 1 is 1.29 bits per heavy atom. The summed E-state index contributed by atoms with van der Waals surface area (Å²) in [6, 6.07) is 7.42. The van der Waals surface area contributed by atoms with Crippen LogP contribution in [0.4, 0.5) is 0 Å². The van der Waals surface area contributed by atoms with Crippen LogP contribution in [0.1, 0.15) is 32.3 Å². The average molecular weight is 312 g/mol. The second-order valence-corrected chi connectivity index (χ2v) is 7.19. The summed E-state index contributed by atoms with van der Waals surface area (Å²) in [5.41, 5.74) is 1.10. The van der Waals surface area contributed by atoms with Crippen molar-refractivity contribution in [1.29, 1.82) is 0 Å². The normalized spacial score (nSPS) is 16.9. The molecule has 2 rings (SSSR count). The van der Waals surface area contributed by atoms with Crippen molar-refractivity contribution in [3.8, 4) is 0 Å². The molecule has 0 saturated heterocycles. The third-order valence-electron chi connectivity index (χ3n) is 3.33. The first-order valence-electron chi connectivity index (χ1n) is 7.43. The summed E-state index contributed by atoms with van der Waals surface area (Å²) in [6.45, 7) is 5.42. The Kier molecular flexibility index (Phi) is 5.75. The van der Waals surface area contributed by atoms with Gasteiger partial charge in [0, 0.05) is 25.2 Å². The molecule has 2 N–H and O–H groups in total. The average Bonchev–Trinajstić information content (AvgIpc) is 3.27. The third-order valence-corrected chi connectivity index (χ3v) is 4.94. The first-order valence-corrected chi connectivity index (χ1v) is 8.92. The van der Waals surface area contributed by atoms with Crippen molar-refractivity contribution in [1.82, 2.24) is 10.0 Å². The molecule has 0 aliphatic heterocycles. The van der Waals surface area contributed by atoms with Gasteiger partial charge in [0.15, 0.2) is 0 Å². The number of hydrogen-bond acceptors (Lipinski definition) is 4. The van der Waals surface area contributed by atoms with E-state index in [9.17, 15) is 8.42 Å². The molecule has 5 nitrogen and oxygen atoms in total. The first-order chi connectivity index (χ1) is 10.0. The van der Waals surface area contributed by atoms with Crippen molar-refractivity contribution in [3.05, 3.63) is 29.8 Å². The van der Waals surface area contributed by atoms with Gasteiger partial charge in [0.2, 0.25) is 10.0 Å². The molecule has 1 unspecified atom stereocenters. The smallest absolute Gasteiger partial charge is 0.240 e. The highest BCUT2D eigenvalue weighted by Crippen LogP contribution is 2.19. The van der Waals surface area contributed by atoms with E-state index in [1.54, 1.807) is 19.1 Å². The van der Waals surface area contributed by atoms with Gasteiger partial charge in [-0.25, -0.2) is 13.1 Å². The molecule has 0 heterocycles. The number of ether oxygens (including phenoxy) is 1. The molecule has 0 amide bonds. The summed E-state index contributed by atoms with van der Waals surface area (Å²) < 4.78 is 32.3. The molecule has 0 spiro atoms. The SMILES string of the molecule is CCOCC(C)NS(=O)(=O)c1ccc(CNC2CC2)cc1. The van der Waals surface area contributed by atoms with E-state index in [-0.39, 0.29) is 6.04 Å². The monoisotopic (exact) mass is 312 g/mol. The minimum Gasteiger partial charge on any atom is -0.380 e. The van der Waals surface area contributed by atoms with E-state index in [1.807, 2.05) is 19.1 Å². The Bertz CT molecular complexity index is 539. The second kappa shape index (κ2) is 7.35. The van der Waals surface area contributed by atoms with Gasteiger partial charge in [-0.15, -0.1) is 0 Å². The molecular weight excluding hydrogens is 288 g/mol. The Morgan fingerprint density at radius 3 is 2.52 bits per heavy atom. The number of sulfonamides is 1. The van der Waals surface area contributed by atoms with E-state index in [1.165, 1.54) is 12.8 Å². The summed E-state index contributed by atoms with van der Waals surface area (Å²) >= 11 is 0. The Hall–Kier alpha value is -0.950. The zero-order valence-electron chi connectivity index (χ0n) is 12.6. The van der Waals surface area contributed by atoms with Crippen LogP contribution in [0.3, 0.4) is 0 Å². The Labute approximate surface area is 127 Å². The minimum absolute atomic E-state index is 0.244. The highest BCUT2D eigenvalue weighted by atomic mass is 32.2. The van der Waals surface area contributed by atoms with E-state index in [2.05, 4.69) is 10.0 Å².